The second-order valence-corrected chi connectivity index (χ2v) is 16.9. The van der Waals surface area contributed by atoms with Crippen molar-refractivity contribution in [1.29, 1.82) is 5.26 Å². The molecule has 322 valence electrons. The van der Waals surface area contributed by atoms with Gasteiger partial charge in [-0.3, -0.25) is 38.6 Å². The van der Waals surface area contributed by atoms with Crippen molar-refractivity contribution >= 4 is 52.1 Å². The van der Waals surface area contributed by atoms with Gasteiger partial charge in [-0.2, -0.15) is 10.4 Å². The Balaban J connectivity index is 0.836. The fourth-order valence-electron chi connectivity index (χ4n) is 8.14. The lowest BCUT2D eigenvalue weighted by Gasteiger charge is -2.36. The monoisotopic (exact) mass is 861 g/mol. The van der Waals surface area contributed by atoms with Gasteiger partial charge >= 0.3 is 0 Å². The van der Waals surface area contributed by atoms with Crippen molar-refractivity contribution < 1.29 is 23.5 Å². The summed E-state index contributed by atoms with van der Waals surface area (Å²) >= 11 is 1.27. The number of ether oxygens (including phenoxy) is 1. The molecule has 3 saturated heterocycles. The van der Waals surface area contributed by atoms with Gasteiger partial charge in [0.1, 0.15) is 29.8 Å². The Hall–Kier alpha value is -6.29. The van der Waals surface area contributed by atoms with Crippen LogP contribution in [0.3, 0.4) is 0 Å². The van der Waals surface area contributed by atoms with E-state index < -0.39 is 11.9 Å². The molecule has 3 amide bonds. The number of likely N-dealkylation sites (tertiary alicyclic amines) is 2. The maximum absolute atomic E-state index is 15.0. The van der Waals surface area contributed by atoms with Gasteiger partial charge in [-0.05, 0) is 106 Å². The third-order valence-electron chi connectivity index (χ3n) is 11.9. The zero-order valence-corrected chi connectivity index (χ0v) is 35.4. The van der Waals surface area contributed by atoms with Crippen molar-refractivity contribution in [2.24, 2.45) is 0 Å². The molecule has 3 fully saturated rings. The summed E-state index contributed by atoms with van der Waals surface area (Å²) in [5.41, 5.74) is 3.07. The molecule has 0 bridgehead atoms. The van der Waals surface area contributed by atoms with Crippen molar-refractivity contribution in [1.82, 2.24) is 38.8 Å². The number of benzene rings is 3. The van der Waals surface area contributed by atoms with Gasteiger partial charge < -0.3 is 19.7 Å². The highest BCUT2D eigenvalue weighted by molar-refractivity contribution is 7.98. The number of piperidine rings is 3. The minimum absolute atomic E-state index is 0.00574. The van der Waals surface area contributed by atoms with E-state index in [2.05, 4.69) is 42.5 Å². The van der Waals surface area contributed by atoms with Crippen LogP contribution in [0.5, 0.6) is 11.5 Å². The molecule has 0 radical (unpaired) electrons. The van der Waals surface area contributed by atoms with E-state index in [9.17, 15) is 24.4 Å². The van der Waals surface area contributed by atoms with Crippen molar-refractivity contribution in [3.05, 3.63) is 101 Å². The molecule has 0 spiro atoms. The summed E-state index contributed by atoms with van der Waals surface area (Å²) in [5.74, 6) is -0.794. The van der Waals surface area contributed by atoms with Crippen LogP contribution in [0.2, 0.25) is 0 Å². The molecule has 5 heterocycles. The van der Waals surface area contributed by atoms with Gasteiger partial charge in [0.15, 0.2) is 11.6 Å². The fraction of sp³-hybridized carbons (Fsp3) is 0.386. The predicted octanol–water partition coefficient (Wildman–Crippen LogP) is 5.57. The molecule has 3 aliphatic rings. The number of hydrogen-bond donors (Lipinski definition) is 3. The number of fused-ring (bicyclic) bond motifs is 1. The second kappa shape index (κ2) is 18.8. The molecule has 1 atom stereocenters. The highest BCUT2D eigenvalue weighted by Gasteiger charge is 2.29. The van der Waals surface area contributed by atoms with Crippen LogP contribution < -0.4 is 25.7 Å². The maximum atomic E-state index is 15.0. The summed E-state index contributed by atoms with van der Waals surface area (Å²) in [5, 5.41) is 20.4. The number of nitriles is 1. The maximum Gasteiger partial charge on any atom is 0.266 e. The van der Waals surface area contributed by atoms with Crippen LogP contribution in [-0.4, -0.2) is 104 Å². The molecule has 3 N–H and O–H groups in total. The molecule has 8 rings (SSSR count). The minimum atomic E-state index is -0.715. The molecule has 3 aliphatic heterocycles. The summed E-state index contributed by atoms with van der Waals surface area (Å²) in [6, 6.07) is 17.2. The molecule has 62 heavy (non-hydrogen) atoms. The third-order valence-corrected chi connectivity index (χ3v) is 12.8. The number of anilines is 2. The van der Waals surface area contributed by atoms with E-state index in [-0.39, 0.29) is 51.8 Å². The Morgan fingerprint density at radius 2 is 1.81 bits per heavy atom. The predicted molar refractivity (Wildman–Crippen MR) is 233 cm³/mol. The lowest BCUT2D eigenvalue weighted by Crippen LogP contribution is -2.47. The van der Waals surface area contributed by atoms with Crippen molar-refractivity contribution in [3.8, 4) is 23.3 Å². The van der Waals surface area contributed by atoms with Gasteiger partial charge in [0.05, 0.1) is 41.1 Å². The van der Waals surface area contributed by atoms with Gasteiger partial charge in [-0.1, -0.05) is 19.1 Å². The van der Waals surface area contributed by atoms with Gasteiger partial charge in [-0.15, -0.1) is 0 Å². The highest BCUT2D eigenvalue weighted by atomic mass is 32.2. The first-order valence-electron chi connectivity index (χ1n) is 20.9. The highest BCUT2D eigenvalue weighted by Crippen LogP contribution is 2.35. The van der Waals surface area contributed by atoms with Crippen LogP contribution in [0.4, 0.5) is 15.8 Å². The fourth-order valence-corrected chi connectivity index (χ4v) is 8.70. The minimum Gasteiger partial charge on any atom is -0.453 e. The van der Waals surface area contributed by atoms with Gasteiger partial charge in [0, 0.05) is 50.1 Å². The number of carbonyl (C=O) groups is 3. The van der Waals surface area contributed by atoms with E-state index in [4.69, 9.17) is 4.74 Å². The molecule has 0 saturated carbocycles. The number of amides is 3. The van der Waals surface area contributed by atoms with E-state index >= 15 is 4.39 Å². The van der Waals surface area contributed by atoms with Crippen molar-refractivity contribution in [3.63, 3.8) is 0 Å². The SMILES string of the molecule is CCN(C)SNc1ccc(F)c(Oc2ccc3ncn(-c4cnn(C5CCN(C(=O)CN6CCC(c7ccc(NC8CCC(=O)NC8=O)cc7)CC6)CC5)c4)c(=O)c3c2)c1C#N. The Kier molecular flexibility index (Phi) is 12.8. The second-order valence-electron chi connectivity index (χ2n) is 15.9. The summed E-state index contributed by atoms with van der Waals surface area (Å²) in [6.45, 7) is 5.99. The quantitative estimate of drug-likeness (QED) is 0.0988. The molecule has 18 heteroatoms. The number of halogens is 1. The van der Waals surface area contributed by atoms with Crippen molar-refractivity contribution in [2.45, 2.75) is 63.5 Å². The van der Waals surface area contributed by atoms with Crippen LogP contribution in [0.1, 0.15) is 68.5 Å². The van der Waals surface area contributed by atoms with Crippen molar-refractivity contribution in [2.75, 3.05) is 56.4 Å². The van der Waals surface area contributed by atoms with Gasteiger partial charge in [0.25, 0.3) is 5.56 Å². The van der Waals surface area contributed by atoms with Gasteiger partial charge in [-0.25, -0.2) is 13.7 Å². The standard InChI is InChI=1S/C44H48FN11O5S/c1-3-52(2)62-51-38-11-9-36(45)42(35(38)23-46)61-33-8-10-37-34(22-33)44(60)55(27-47-37)32-24-48-56(25-32)31-16-20-54(21-17-31)41(58)26-53-18-14-29(15-19-53)28-4-6-30(7-5-28)49-39-12-13-40(57)50-43(39)59/h4-11,22,24-25,27,29,31,39,49,51H,3,12-21,26H2,1-2H3,(H,50,57,59). The van der Waals surface area contributed by atoms with Crippen LogP contribution in [0.15, 0.2) is 78.1 Å². The number of nitrogens with zero attached hydrogens (tertiary/aromatic N) is 8. The average molecular weight is 862 g/mol. The number of nitrogens with one attached hydrogen (secondary N) is 3. The molecular formula is C44H48FN11O5S. The molecular weight excluding hydrogens is 814 g/mol. The topological polar surface area (TPSA) is 183 Å². The number of carbonyl (C=O) groups excluding carboxylic acids is 3. The van der Waals surface area contributed by atoms with Crippen LogP contribution >= 0.6 is 12.1 Å². The van der Waals surface area contributed by atoms with E-state index in [1.807, 2.05) is 52.3 Å². The van der Waals surface area contributed by atoms with Crippen LogP contribution in [0.25, 0.3) is 16.6 Å². The normalized spacial score (nSPS) is 17.9. The van der Waals surface area contributed by atoms with E-state index in [1.54, 1.807) is 18.3 Å². The molecule has 2 aromatic heterocycles. The van der Waals surface area contributed by atoms with Crippen LogP contribution in [0, 0.1) is 17.1 Å². The van der Waals surface area contributed by atoms with E-state index in [1.165, 1.54) is 46.8 Å². The van der Waals surface area contributed by atoms with Crippen LogP contribution in [-0.2, 0) is 14.4 Å². The summed E-state index contributed by atoms with van der Waals surface area (Å²) < 4.78 is 29.2. The Morgan fingerprint density at radius 3 is 2.53 bits per heavy atom. The lowest BCUT2D eigenvalue weighted by molar-refractivity contribution is -0.135. The first kappa shape index (κ1) is 42.4. The molecule has 16 nitrogen and oxygen atoms in total. The Morgan fingerprint density at radius 1 is 1.03 bits per heavy atom. The smallest absolute Gasteiger partial charge is 0.266 e. The first-order chi connectivity index (χ1) is 30.1. The number of aromatic nitrogens is 4. The zero-order chi connectivity index (χ0) is 43.3. The largest absolute Gasteiger partial charge is 0.453 e. The Bertz CT molecular complexity index is 2560. The first-order valence-corrected chi connectivity index (χ1v) is 21.6. The van der Waals surface area contributed by atoms with E-state index in [0.717, 1.165) is 51.0 Å². The van der Waals surface area contributed by atoms with E-state index in [0.29, 0.717) is 55.3 Å². The summed E-state index contributed by atoms with van der Waals surface area (Å²) in [6.07, 6.45) is 9.04. The Labute approximate surface area is 362 Å². The number of rotatable bonds is 13. The third kappa shape index (κ3) is 9.44. The summed E-state index contributed by atoms with van der Waals surface area (Å²) in [7, 11) is 1.88. The molecule has 0 aliphatic carbocycles. The summed E-state index contributed by atoms with van der Waals surface area (Å²) in [4.78, 5) is 59.4. The lowest BCUT2D eigenvalue weighted by atomic mass is 9.89. The molecule has 5 aromatic rings. The number of imide groups is 1. The number of hydrogen-bond acceptors (Lipinski definition) is 13. The zero-order valence-electron chi connectivity index (χ0n) is 34.6. The molecule has 3 aromatic carbocycles. The van der Waals surface area contributed by atoms with Gasteiger partial charge in [0.2, 0.25) is 17.7 Å². The average Bonchev–Trinajstić information content (AvgIpc) is 3.78. The molecule has 1 unspecified atom stereocenters.